The molecule has 0 aromatic carbocycles. The molecule has 0 atom stereocenters. The molecule has 5 heteroatoms. The van der Waals surface area contributed by atoms with E-state index in [0.29, 0.717) is 25.7 Å². The number of methoxy groups -OCH3 is 1. The topological polar surface area (TPSA) is 63.7 Å². The van der Waals surface area contributed by atoms with E-state index in [1.54, 1.807) is 7.05 Å². The summed E-state index contributed by atoms with van der Waals surface area (Å²) in [5.74, 6) is -0.326. The maximum Gasteiger partial charge on any atom is 0.308 e. The van der Waals surface area contributed by atoms with Crippen molar-refractivity contribution in [3.05, 3.63) is 0 Å². The van der Waals surface area contributed by atoms with Gasteiger partial charge in [0, 0.05) is 13.0 Å². The lowest BCUT2D eigenvalue weighted by Crippen LogP contribution is -2.38. The molecule has 1 aliphatic carbocycles. The fraction of sp³-hybridized carbons (Fsp3) is 0.769. The van der Waals surface area contributed by atoms with Gasteiger partial charge < -0.3 is 9.64 Å². The summed E-state index contributed by atoms with van der Waals surface area (Å²) in [5.41, 5.74) is 0. The highest BCUT2D eigenvalue weighted by Gasteiger charge is 2.31. The van der Waals surface area contributed by atoms with Gasteiger partial charge in [0.15, 0.2) is 0 Å². The summed E-state index contributed by atoms with van der Waals surface area (Å²) in [7, 11) is 3.04. The van der Waals surface area contributed by atoms with E-state index in [9.17, 15) is 14.4 Å². The molecule has 102 valence electrons. The Hall–Kier alpha value is -1.39. The molecule has 0 heterocycles. The summed E-state index contributed by atoms with van der Waals surface area (Å²) in [6, 6.07) is 0. The smallest absolute Gasteiger partial charge is 0.308 e. The monoisotopic (exact) mass is 255 g/mol. The largest absolute Gasteiger partial charge is 0.469 e. The van der Waals surface area contributed by atoms with Crippen molar-refractivity contribution in [2.24, 2.45) is 11.8 Å². The summed E-state index contributed by atoms with van der Waals surface area (Å²) < 4.78 is 4.71. The zero-order valence-corrected chi connectivity index (χ0v) is 11.3. The summed E-state index contributed by atoms with van der Waals surface area (Å²) in [6.07, 6.45) is 2.77. The third-order valence-electron chi connectivity index (χ3n) is 3.45. The molecule has 0 aromatic rings. The average molecular weight is 255 g/mol. The van der Waals surface area contributed by atoms with Crippen molar-refractivity contribution in [2.75, 3.05) is 20.7 Å². The number of hydrogen-bond acceptors (Lipinski definition) is 4. The molecule has 1 rings (SSSR count). The third kappa shape index (κ3) is 3.82. The molecule has 0 spiro atoms. The molecule has 0 aliphatic heterocycles. The summed E-state index contributed by atoms with van der Waals surface area (Å²) in [4.78, 5) is 35.8. The van der Waals surface area contributed by atoms with Gasteiger partial charge in [0.2, 0.25) is 5.91 Å². The van der Waals surface area contributed by atoms with Gasteiger partial charge in [0.05, 0.1) is 19.6 Å². The average Bonchev–Trinajstić information content (AvgIpc) is 2.36. The minimum atomic E-state index is -0.182. The number of amides is 1. The van der Waals surface area contributed by atoms with Crippen molar-refractivity contribution in [2.45, 2.75) is 32.6 Å². The Morgan fingerprint density at radius 1 is 1.11 bits per heavy atom. The summed E-state index contributed by atoms with van der Waals surface area (Å²) in [6.45, 7) is 1.63. The first-order valence-electron chi connectivity index (χ1n) is 6.28. The van der Waals surface area contributed by atoms with Crippen molar-refractivity contribution in [3.63, 3.8) is 0 Å². The predicted octanol–water partition coefficient (Wildman–Crippen LogP) is 1.01. The molecule has 0 N–H and O–H groups in total. The fourth-order valence-corrected chi connectivity index (χ4v) is 2.47. The molecule has 0 aromatic heterocycles. The quantitative estimate of drug-likeness (QED) is 0.703. The second-order valence-corrected chi connectivity index (χ2v) is 4.97. The summed E-state index contributed by atoms with van der Waals surface area (Å²) in [5, 5.41) is 0. The molecule has 1 aliphatic rings. The van der Waals surface area contributed by atoms with Crippen LogP contribution in [0.5, 0.6) is 0 Å². The number of hydrogen-bond donors (Lipinski definition) is 0. The highest BCUT2D eigenvalue weighted by atomic mass is 16.5. The second-order valence-electron chi connectivity index (χ2n) is 4.97. The summed E-state index contributed by atoms with van der Waals surface area (Å²) >= 11 is 0. The van der Waals surface area contributed by atoms with Crippen molar-refractivity contribution in [1.29, 1.82) is 0 Å². The van der Waals surface area contributed by atoms with Crippen LogP contribution < -0.4 is 0 Å². The van der Waals surface area contributed by atoms with Gasteiger partial charge >= 0.3 is 5.97 Å². The molecular weight excluding hydrogens is 234 g/mol. The Kier molecular flexibility index (Phi) is 5.31. The SMILES string of the molecule is COC(=O)C1CCC(C(=O)N(C)CC(C)=O)CC1. The molecule has 1 saturated carbocycles. The Balaban J connectivity index is 2.45. The molecule has 0 radical (unpaired) electrons. The van der Waals surface area contributed by atoms with E-state index in [1.165, 1.54) is 18.9 Å². The number of carbonyl (C=O) groups is 3. The Bertz CT molecular complexity index is 332. The minimum Gasteiger partial charge on any atom is -0.469 e. The standard InChI is InChI=1S/C13H21NO4/c1-9(15)8-14(2)12(16)10-4-6-11(7-5-10)13(17)18-3/h10-11H,4-8H2,1-3H3. The lowest BCUT2D eigenvalue weighted by Gasteiger charge is -2.29. The van der Waals surface area contributed by atoms with E-state index in [4.69, 9.17) is 4.74 Å². The minimum absolute atomic E-state index is 0.00789. The van der Waals surface area contributed by atoms with Crippen LogP contribution in [0.2, 0.25) is 0 Å². The van der Waals surface area contributed by atoms with E-state index in [0.717, 1.165) is 0 Å². The van der Waals surface area contributed by atoms with Gasteiger partial charge in [-0.1, -0.05) is 0 Å². The van der Waals surface area contributed by atoms with Crippen LogP contribution in [0, 0.1) is 11.8 Å². The number of ketones is 1. The van der Waals surface area contributed by atoms with Crippen molar-refractivity contribution < 1.29 is 19.1 Å². The van der Waals surface area contributed by atoms with E-state index in [2.05, 4.69) is 0 Å². The van der Waals surface area contributed by atoms with E-state index < -0.39 is 0 Å². The van der Waals surface area contributed by atoms with Crippen LogP contribution in [-0.2, 0) is 19.1 Å². The molecular formula is C13H21NO4. The van der Waals surface area contributed by atoms with E-state index in [-0.39, 0.29) is 36.0 Å². The second kappa shape index (κ2) is 6.52. The Morgan fingerprint density at radius 3 is 2.06 bits per heavy atom. The zero-order chi connectivity index (χ0) is 13.7. The number of carbonyl (C=O) groups excluding carboxylic acids is 3. The number of ether oxygens (including phenoxy) is 1. The number of rotatable bonds is 4. The van der Waals surface area contributed by atoms with Crippen molar-refractivity contribution in [1.82, 2.24) is 4.90 Å². The number of esters is 1. The maximum atomic E-state index is 12.0. The number of nitrogens with zero attached hydrogens (tertiary/aromatic N) is 1. The molecule has 0 saturated heterocycles. The van der Waals surface area contributed by atoms with Gasteiger partial charge in [-0.25, -0.2) is 0 Å². The molecule has 18 heavy (non-hydrogen) atoms. The molecule has 5 nitrogen and oxygen atoms in total. The van der Waals surface area contributed by atoms with Crippen molar-refractivity contribution >= 4 is 17.7 Å². The van der Waals surface area contributed by atoms with Crippen LogP contribution in [0.3, 0.4) is 0 Å². The third-order valence-corrected chi connectivity index (χ3v) is 3.45. The lowest BCUT2D eigenvalue weighted by molar-refractivity contribution is -0.148. The van der Waals surface area contributed by atoms with Gasteiger partial charge in [-0.2, -0.15) is 0 Å². The van der Waals surface area contributed by atoms with E-state index >= 15 is 0 Å². The fourth-order valence-electron chi connectivity index (χ4n) is 2.47. The number of Topliss-reactive ketones (excluding diaryl/α,β-unsaturated/α-hetero) is 1. The first-order valence-corrected chi connectivity index (χ1v) is 6.28. The van der Waals surface area contributed by atoms with Gasteiger partial charge in [0.25, 0.3) is 0 Å². The van der Waals surface area contributed by atoms with E-state index in [1.807, 2.05) is 0 Å². The highest BCUT2D eigenvalue weighted by Crippen LogP contribution is 2.30. The van der Waals surface area contributed by atoms with Gasteiger partial charge in [0.1, 0.15) is 5.78 Å². The molecule has 1 fully saturated rings. The van der Waals surface area contributed by atoms with Gasteiger partial charge in [-0.3, -0.25) is 14.4 Å². The Labute approximate surface area is 107 Å². The molecule has 1 amide bonds. The van der Waals surface area contributed by atoms with Crippen LogP contribution in [0.25, 0.3) is 0 Å². The maximum absolute atomic E-state index is 12.0. The molecule has 0 bridgehead atoms. The highest BCUT2D eigenvalue weighted by molar-refractivity contribution is 5.85. The van der Waals surface area contributed by atoms with Crippen molar-refractivity contribution in [3.8, 4) is 0 Å². The zero-order valence-electron chi connectivity index (χ0n) is 11.3. The molecule has 0 unspecified atom stereocenters. The van der Waals surface area contributed by atoms with Crippen LogP contribution in [0.1, 0.15) is 32.6 Å². The normalized spacial score (nSPS) is 23.3. The van der Waals surface area contributed by atoms with Crippen LogP contribution in [0.4, 0.5) is 0 Å². The lowest BCUT2D eigenvalue weighted by atomic mass is 9.81. The first-order chi connectivity index (χ1) is 8.45. The van der Waals surface area contributed by atoms with Crippen LogP contribution in [-0.4, -0.2) is 43.3 Å². The predicted molar refractivity (Wildman–Crippen MR) is 65.8 cm³/mol. The van der Waals surface area contributed by atoms with Crippen LogP contribution in [0.15, 0.2) is 0 Å². The van der Waals surface area contributed by atoms with Crippen LogP contribution >= 0.6 is 0 Å². The van der Waals surface area contributed by atoms with Gasteiger partial charge in [-0.05, 0) is 32.6 Å². The Morgan fingerprint density at radius 2 is 1.61 bits per heavy atom. The van der Waals surface area contributed by atoms with Gasteiger partial charge in [-0.15, -0.1) is 0 Å². The number of likely N-dealkylation sites (N-methyl/N-ethyl adjacent to an activating group) is 1. The first kappa shape index (κ1) is 14.7.